The van der Waals surface area contributed by atoms with Gasteiger partial charge in [0, 0.05) is 5.02 Å². The van der Waals surface area contributed by atoms with Crippen LogP contribution in [0.5, 0.6) is 11.5 Å². The van der Waals surface area contributed by atoms with Gasteiger partial charge in [0.15, 0.2) is 11.5 Å². The summed E-state index contributed by atoms with van der Waals surface area (Å²) in [6, 6.07) is 13.1. The van der Waals surface area contributed by atoms with Gasteiger partial charge >= 0.3 is 0 Å². The molecule has 22 heavy (non-hydrogen) atoms. The van der Waals surface area contributed by atoms with Crippen molar-refractivity contribution < 1.29 is 9.47 Å². The molecule has 2 aromatic rings. The highest BCUT2D eigenvalue weighted by Crippen LogP contribution is 2.37. The van der Waals surface area contributed by atoms with Crippen LogP contribution in [-0.2, 0) is 0 Å². The average Bonchev–Trinajstić information content (AvgIpc) is 2.51. The fourth-order valence-corrected chi connectivity index (χ4v) is 2.84. The molecule has 0 aromatic heterocycles. The fourth-order valence-electron chi connectivity index (χ4n) is 2.02. The molecule has 0 radical (unpaired) electrons. The number of halogens is 2. The standard InChI is InChI=1S/C17H13BrClNO2/c1-21-16-8-11(7-15(18)17(16)22-2)6-13(10-20)12-4-3-5-14(19)9-12/h3-9H,1-2H3/b13-6-. The maximum Gasteiger partial charge on any atom is 0.174 e. The summed E-state index contributed by atoms with van der Waals surface area (Å²) in [6.45, 7) is 0. The Hall–Kier alpha value is -1.96. The largest absolute Gasteiger partial charge is 0.493 e. The molecule has 112 valence electrons. The van der Waals surface area contributed by atoms with Crippen LogP contribution >= 0.6 is 27.5 Å². The van der Waals surface area contributed by atoms with Gasteiger partial charge in [-0.1, -0.05) is 23.7 Å². The predicted octanol–water partition coefficient (Wildman–Crippen LogP) is 5.18. The molecule has 5 heteroatoms. The van der Waals surface area contributed by atoms with Crippen molar-refractivity contribution >= 4 is 39.2 Å². The van der Waals surface area contributed by atoms with Crippen LogP contribution in [0.2, 0.25) is 5.02 Å². The molecule has 0 unspecified atom stereocenters. The van der Waals surface area contributed by atoms with E-state index in [1.165, 1.54) is 0 Å². The number of hydrogen-bond donors (Lipinski definition) is 0. The van der Waals surface area contributed by atoms with Gasteiger partial charge in [-0.15, -0.1) is 0 Å². The summed E-state index contributed by atoms with van der Waals surface area (Å²) in [5.41, 5.74) is 2.10. The average molecular weight is 379 g/mol. The molecule has 0 atom stereocenters. The topological polar surface area (TPSA) is 42.2 Å². The normalized spacial score (nSPS) is 11.0. The minimum Gasteiger partial charge on any atom is -0.493 e. The second-order valence-corrected chi connectivity index (χ2v) is 5.71. The summed E-state index contributed by atoms with van der Waals surface area (Å²) in [6.07, 6.45) is 1.78. The summed E-state index contributed by atoms with van der Waals surface area (Å²) in [5.74, 6) is 1.20. The molecular formula is C17H13BrClNO2. The molecule has 2 rings (SSSR count). The Morgan fingerprint density at radius 2 is 2.00 bits per heavy atom. The number of nitrogens with zero attached hydrogens (tertiary/aromatic N) is 1. The van der Waals surface area contributed by atoms with E-state index in [9.17, 15) is 5.26 Å². The van der Waals surface area contributed by atoms with Gasteiger partial charge in [0.2, 0.25) is 0 Å². The van der Waals surface area contributed by atoms with E-state index in [1.54, 1.807) is 32.4 Å². The van der Waals surface area contributed by atoms with Gasteiger partial charge in [-0.3, -0.25) is 0 Å². The van der Waals surface area contributed by atoms with Crippen molar-refractivity contribution in [1.29, 1.82) is 5.26 Å². The van der Waals surface area contributed by atoms with E-state index in [0.29, 0.717) is 22.1 Å². The first-order valence-corrected chi connectivity index (χ1v) is 7.55. The third kappa shape index (κ3) is 3.62. The van der Waals surface area contributed by atoms with E-state index in [1.807, 2.05) is 24.3 Å². The Morgan fingerprint density at radius 1 is 1.23 bits per heavy atom. The molecule has 0 aliphatic carbocycles. The van der Waals surface area contributed by atoms with E-state index in [2.05, 4.69) is 22.0 Å². The van der Waals surface area contributed by atoms with Crippen LogP contribution in [-0.4, -0.2) is 14.2 Å². The number of nitriles is 1. The van der Waals surface area contributed by atoms with Crippen LogP contribution in [0.3, 0.4) is 0 Å². The third-order valence-corrected chi connectivity index (χ3v) is 3.85. The van der Waals surface area contributed by atoms with Crippen molar-refractivity contribution in [2.24, 2.45) is 0 Å². The number of hydrogen-bond acceptors (Lipinski definition) is 3. The minimum absolute atomic E-state index is 0.515. The lowest BCUT2D eigenvalue weighted by molar-refractivity contribution is 0.353. The summed E-state index contributed by atoms with van der Waals surface area (Å²) < 4.78 is 11.3. The first kappa shape index (κ1) is 16.4. The van der Waals surface area contributed by atoms with Gasteiger partial charge < -0.3 is 9.47 Å². The minimum atomic E-state index is 0.515. The summed E-state index contributed by atoms with van der Waals surface area (Å²) in [5, 5.41) is 9.99. The van der Waals surface area contributed by atoms with Gasteiger partial charge in [-0.2, -0.15) is 5.26 Å². The molecule has 0 fully saturated rings. The first-order valence-electron chi connectivity index (χ1n) is 6.38. The molecule has 0 saturated heterocycles. The Bertz CT molecular complexity index is 766. The van der Waals surface area contributed by atoms with Crippen LogP contribution in [0.1, 0.15) is 11.1 Å². The summed E-state index contributed by atoms with van der Waals surface area (Å²) in [4.78, 5) is 0. The molecule has 3 nitrogen and oxygen atoms in total. The maximum absolute atomic E-state index is 9.40. The Balaban J connectivity index is 2.51. The quantitative estimate of drug-likeness (QED) is 0.543. The highest BCUT2D eigenvalue weighted by molar-refractivity contribution is 9.10. The number of allylic oxidation sites excluding steroid dienone is 1. The predicted molar refractivity (Wildman–Crippen MR) is 92.2 cm³/mol. The van der Waals surface area contributed by atoms with Gasteiger partial charge in [-0.25, -0.2) is 0 Å². The van der Waals surface area contributed by atoms with Crippen molar-refractivity contribution in [3.63, 3.8) is 0 Å². The smallest absolute Gasteiger partial charge is 0.174 e. The molecular weight excluding hydrogens is 366 g/mol. The van der Waals surface area contributed by atoms with E-state index >= 15 is 0 Å². The highest BCUT2D eigenvalue weighted by Gasteiger charge is 2.10. The SMILES string of the molecule is COc1cc(/C=C(/C#N)c2cccc(Cl)c2)cc(Br)c1OC. The Labute approximate surface area is 142 Å². The van der Waals surface area contributed by atoms with Crippen molar-refractivity contribution in [3.05, 3.63) is 57.0 Å². The maximum atomic E-state index is 9.40. The number of ether oxygens (including phenoxy) is 2. The van der Waals surface area contributed by atoms with E-state index < -0.39 is 0 Å². The van der Waals surface area contributed by atoms with E-state index in [0.717, 1.165) is 15.6 Å². The second kappa shape index (κ2) is 7.35. The second-order valence-electron chi connectivity index (χ2n) is 4.42. The molecule has 0 bridgehead atoms. The zero-order valence-electron chi connectivity index (χ0n) is 12.1. The van der Waals surface area contributed by atoms with Gasteiger partial charge in [0.05, 0.1) is 30.3 Å². The van der Waals surface area contributed by atoms with Gasteiger partial charge in [0.1, 0.15) is 0 Å². The van der Waals surface area contributed by atoms with Crippen molar-refractivity contribution in [2.75, 3.05) is 14.2 Å². The lowest BCUT2D eigenvalue weighted by Gasteiger charge is -2.10. The molecule has 0 N–H and O–H groups in total. The molecule has 2 aromatic carbocycles. The van der Waals surface area contributed by atoms with E-state index in [4.69, 9.17) is 21.1 Å². The van der Waals surface area contributed by atoms with Crippen LogP contribution in [0.4, 0.5) is 0 Å². The molecule has 0 saturated carbocycles. The van der Waals surface area contributed by atoms with Crippen LogP contribution in [0.15, 0.2) is 40.9 Å². The lowest BCUT2D eigenvalue weighted by atomic mass is 10.0. The zero-order valence-corrected chi connectivity index (χ0v) is 14.4. The summed E-state index contributed by atoms with van der Waals surface area (Å²) in [7, 11) is 3.14. The van der Waals surface area contributed by atoms with Crippen molar-refractivity contribution in [3.8, 4) is 17.6 Å². The summed E-state index contributed by atoms with van der Waals surface area (Å²) >= 11 is 9.42. The monoisotopic (exact) mass is 377 g/mol. The Kier molecular flexibility index (Phi) is 5.48. The van der Waals surface area contributed by atoms with Gasteiger partial charge in [-0.05, 0) is 57.4 Å². The molecule has 0 aliphatic heterocycles. The van der Waals surface area contributed by atoms with Gasteiger partial charge in [0.25, 0.3) is 0 Å². The van der Waals surface area contributed by atoms with Crippen LogP contribution < -0.4 is 9.47 Å². The fraction of sp³-hybridized carbons (Fsp3) is 0.118. The molecule has 0 amide bonds. The zero-order chi connectivity index (χ0) is 16.1. The number of rotatable bonds is 4. The first-order chi connectivity index (χ1) is 10.6. The Morgan fingerprint density at radius 3 is 2.59 bits per heavy atom. The molecule has 0 heterocycles. The van der Waals surface area contributed by atoms with Crippen molar-refractivity contribution in [1.82, 2.24) is 0 Å². The van der Waals surface area contributed by atoms with Crippen LogP contribution in [0.25, 0.3) is 11.6 Å². The lowest BCUT2D eigenvalue weighted by Crippen LogP contribution is -1.92. The molecule has 0 spiro atoms. The van der Waals surface area contributed by atoms with Crippen LogP contribution in [0, 0.1) is 11.3 Å². The molecule has 0 aliphatic rings. The highest BCUT2D eigenvalue weighted by atomic mass is 79.9. The van der Waals surface area contributed by atoms with E-state index in [-0.39, 0.29) is 0 Å². The third-order valence-electron chi connectivity index (χ3n) is 3.02. The van der Waals surface area contributed by atoms with Crippen molar-refractivity contribution in [2.45, 2.75) is 0 Å². The number of benzene rings is 2. The number of methoxy groups -OCH3 is 2.